The maximum atomic E-state index is 12.4. The van der Waals surface area contributed by atoms with Crippen LogP contribution in [0.5, 0.6) is 5.75 Å². The molecule has 0 amide bonds. The maximum absolute atomic E-state index is 12.4. The quantitative estimate of drug-likeness (QED) is 0.730. The molecule has 0 fully saturated rings. The molecule has 0 saturated carbocycles. The summed E-state index contributed by atoms with van der Waals surface area (Å²) in [5.74, 6) is -0.0239. The molecule has 14 heavy (non-hydrogen) atoms. The van der Waals surface area contributed by atoms with Crippen LogP contribution >= 0.6 is 11.3 Å². The molecular formula is C8H8F3NOS. The molecule has 0 saturated heterocycles. The van der Waals surface area contributed by atoms with Crippen molar-refractivity contribution < 1.29 is 17.9 Å². The van der Waals surface area contributed by atoms with Gasteiger partial charge in [-0.2, -0.15) is 13.2 Å². The van der Waals surface area contributed by atoms with Gasteiger partial charge in [-0.15, -0.1) is 11.3 Å². The van der Waals surface area contributed by atoms with Crippen LogP contribution in [0.15, 0.2) is 5.38 Å². The summed E-state index contributed by atoms with van der Waals surface area (Å²) in [6.45, 7) is 0.160. The molecule has 1 aliphatic heterocycles. The molecule has 0 aliphatic carbocycles. The monoisotopic (exact) mass is 223 g/mol. The Morgan fingerprint density at radius 3 is 2.86 bits per heavy atom. The van der Waals surface area contributed by atoms with Crippen molar-refractivity contribution in [3.05, 3.63) is 15.8 Å². The summed E-state index contributed by atoms with van der Waals surface area (Å²) >= 11 is 1.06. The molecule has 78 valence electrons. The average Bonchev–Trinajstić information content (AvgIpc) is 2.45. The molecule has 0 radical (unpaired) electrons. The number of rotatable bonds is 0. The van der Waals surface area contributed by atoms with Gasteiger partial charge in [-0.05, 0) is 0 Å². The van der Waals surface area contributed by atoms with Gasteiger partial charge < -0.3 is 10.5 Å². The smallest absolute Gasteiger partial charge is 0.420 e. The predicted octanol–water partition coefficient (Wildman–Crippen LogP) is 2.03. The summed E-state index contributed by atoms with van der Waals surface area (Å²) in [4.78, 5) is 0.594. The second-order valence-corrected chi connectivity index (χ2v) is 4.14. The van der Waals surface area contributed by atoms with Crippen LogP contribution in [0.2, 0.25) is 0 Å². The molecule has 0 spiro atoms. The Hall–Kier alpha value is -0.750. The van der Waals surface area contributed by atoms with Gasteiger partial charge in [-0.25, -0.2) is 0 Å². The number of halogens is 3. The van der Waals surface area contributed by atoms with Gasteiger partial charge in [0.25, 0.3) is 0 Å². The third-order valence-electron chi connectivity index (χ3n) is 2.01. The molecule has 2 rings (SSSR count). The molecule has 1 unspecified atom stereocenters. The molecule has 0 bridgehead atoms. The normalized spacial score (nSPS) is 21.6. The molecule has 0 aromatic carbocycles. The van der Waals surface area contributed by atoms with E-state index in [4.69, 9.17) is 10.5 Å². The van der Waals surface area contributed by atoms with Crippen LogP contribution in [0.4, 0.5) is 13.2 Å². The van der Waals surface area contributed by atoms with Crippen molar-refractivity contribution in [3.63, 3.8) is 0 Å². The molecule has 6 heteroatoms. The Kier molecular flexibility index (Phi) is 2.19. The predicted molar refractivity (Wildman–Crippen MR) is 46.5 cm³/mol. The van der Waals surface area contributed by atoms with Crippen LogP contribution in [-0.2, 0) is 12.6 Å². The zero-order valence-electron chi connectivity index (χ0n) is 7.10. The number of fused-ring (bicyclic) bond motifs is 1. The van der Waals surface area contributed by atoms with Gasteiger partial charge in [0.1, 0.15) is 17.9 Å². The maximum Gasteiger partial charge on any atom is 0.420 e. The fraction of sp³-hybridized carbons (Fsp3) is 0.500. The number of nitrogens with two attached hydrogens (primary N) is 1. The number of hydrogen-bond donors (Lipinski definition) is 1. The van der Waals surface area contributed by atoms with Crippen LogP contribution in [0.1, 0.15) is 10.4 Å². The zero-order chi connectivity index (χ0) is 10.3. The summed E-state index contributed by atoms with van der Waals surface area (Å²) < 4.78 is 42.2. The van der Waals surface area contributed by atoms with E-state index in [9.17, 15) is 13.2 Å². The van der Waals surface area contributed by atoms with E-state index >= 15 is 0 Å². The van der Waals surface area contributed by atoms with Crippen LogP contribution in [0.3, 0.4) is 0 Å². The van der Waals surface area contributed by atoms with Gasteiger partial charge >= 0.3 is 6.18 Å². The topological polar surface area (TPSA) is 35.2 Å². The van der Waals surface area contributed by atoms with Crippen LogP contribution in [0, 0.1) is 0 Å². The van der Waals surface area contributed by atoms with Crippen LogP contribution in [0.25, 0.3) is 0 Å². The summed E-state index contributed by atoms with van der Waals surface area (Å²) in [6, 6.07) is -0.192. The van der Waals surface area contributed by atoms with Crippen molar-refractivity contribution in [1.82, 2.24) is 0 Å². The van der Waals surface area contributed by atoms with Gasteiger partial charge in [0.05, 0.1) is 0 Å². The van der Waals surface area contributed by atoms with Crippen LogP contribution < -0.4 is 10.5 Å². The van der Waals surface area contributed by atoms with E-state index < -0.39 is 11.7 Å². The fourth-order valence-electron chi connectivity index (χ4n) is 1.37. The lowest BCUT2D eigenvalue weighted by Crippen LogP contribution is -2.33. The second kappa shape index (κ2) is 3.13. The van der Waals surface area contributed by atoms with Gasteiger partial charge in [0.2, 0.25) is 0 Å². The number of ether oxygens (including phenoxy) is 1. The highest BCUT2D eigenvalue weighted by Gasteiger charge is 2.38. The molecule has 1 aromatic rings. The highest BCUT2D eigenvalue weighted by molar-refractivity contribution is 7.10. The largest absolute Gasteiger partial charge is 0.490 e. The van der Waals surface area contributed by atoms with E-state index in [-0.39, 0.29) is 18.4 Å². The Morgan fingerprint density at radius 1 is 1.50 bits per heavy atom. The number of hydrogen-bond acceptors (Lipinski definition) is 3. The first-order chi connectivity index (χ1) is 6.48. The van der Waals surface area contributed by atoms with Crippen molar-refractivity contribution in [3.8, 4) is 5.75 Å². The standard InChI is InChI=1S/C8H8F3NOS/c9-8(10,11)5-3-14-6-1-4(12)2-13-7(5)6/h3-4H,1-2,12H2. The summed E-state index contributed by atoms with van der Waals surface area (Å²) in [6.07, 6.45) is -3.86. The van der Waals surface area contributed by atoms with E-state index in [1.807, 2.05) is 0 Å². The lowest BCUT2D eigenvalue weighted by molar-refractivity contribution is -0.138. The lowest BCUT2D eigenvalue weighted by atomic mass is 10.1. The van der Waals surface area contributed by atoms with Crippen molar-refractivity contribution in [1.29, 1.82) is 0 Å². The van der Waals surface area contributed by atoms with Crippen molar-refractivity contribution in [2.75, 3.05) is 6.61 Å². The fourth-order valence-corrected chi connectivity index (χ4v) is 2.46. The van der Waals surface area contributed by atoms with E-state index in [2.05, 4.69) is 0 Å². The molecule has 1 aliphatic rings. The van der Waals surface area contributed by atoms with Gasteiger partial charge in [-0.1, -0.05) is 0 Å². The summed E-state index contributed by atoms with van der Waals surface area (Å²) in [5.41, 5.74) is 4.89. The second-order valence-electron chi connectivity index (χ2n) is 3.17. The van der Waals surface area contributed by atoms with E-state index in [1.165, 1.54) is 0 Å². The van der Waals surface area contributed by atoms with Gasteiger partial charge in [0, 0.05) is 22.7 Å². The van der Waals surface area contributed by atoms with Gasteiger partial charge in [0.15, 0.2) is 0 Å². The summed E-state index contributed by atoms with van der Waals surface area (Å²) in [5, 5.41) is 1.09. The molecule has 1 atom stereocenters. The first kappa shape index (κ1) is 9.79. The Morgan fingerprint density at radius 2 is 2.21 bits per heavy atom. The van der Waals surface area contributed by atoms with E-state index in [0.717, 1.165) is 16.7 Å². The molecule has 1 aromatic heterocycles. The molecule has 2 heterocycles. The average molecular weight is 223 g/mol. The van der Waals surface area contributed by atoms with Crippen molar-refractivity contribution in [2.45, 2.75) is 18.6 Å². The van der Waals surface area contributed by atoms with Crippen molar-refractivity contribution in [2.24, 2.45) is 5.73 Å². The third kappa shape index (κ3) is 1.59. The molecule has 2 N–H and O–H groups in total. The van der Waals surface area contributed by atoms with E-state index in [0.29, 0.717) is 11.3 Å². The number of thiophene rings is 1. The number of alkyl halides is 3. The minimum Gasteiger partial charge on any atom is -0.490 e. The highest BCUT2D eigenvalue weighted by Crippen LogP contribution is 2.43. The first-order valence-corrected chi connectivity index (χ1v) is 4.92. The molecular weight excluding hydrogens is 215 g/mol. The van der Waals surface area contributed by atoms with Gasteiger partial charge in [-0.3, -0.25) is 0 Å². The lowest BCUT2D eigenvalue weighted by Gasteiger charge is -2.20. The first-order valence-electron chi connectivity index (χ1n) is 4.04. The minimum atomic E-state index is -4.33. The SMILES string of the molecule is NC1COc2c(C(F)(F)F)csc2C1. The Labute approximate surface area is 82.5 Å². The summed E-state index contributed by atoms with van der Waals surface area (Å²) in [7, 11) is 0. The Balaban J connectivity index is 2.38. The third-order valence-corrected chi connectivity index (χ3v) is 3.00. The van der Waals surface area contributed by atoms with E-state index in [1.54, 1.807) is 0 Å². The highest BCUT2D eigenvalue weighted by atomic mass is 32.1. The minimum absolute atomic E-state index is 0.0239. The van der Waals surface area contributed by atoms with Crippen LogP contribution in [-0.4, -0.2) is 12.6 Å². The Bertz CT molecular complexity index is 347. The molecule has 2 nitrogen and oxygen atoms in total. The zero-order valence-corrected chi connectivity index (χ0v) is 7.91. The van der Waals surface area contributed by atoms with Crippen molar-refractivity contribution >= 4 is 11.3 Å².